The highest BCUT2D eigenvalue weighted by molar-refractivity contribution is 5.95. The van der Waals surface area contributed by atoms with Gasteiger partial charge in [0.2, 0.25) is 0 Å². The van der Waals surface area contributed by atoms with E-state index in [9.17, 15) is 9.90 Å². The second kappa shape index (κ2) is 6.43. The average Bonchev–Trinajstić information content (AvgIpc) is 2.52. The molecule has 1 heterocycles. The minimum atomic E-state index is -0.116. The molecular weight excluding hydrogens is 306 g/mol. The van der Waals surface area contributed by atoms with Crippen molar-refractivity contribution in [3.8, 4) is 17.2 Å². The molecule has 0 saturated carbocycles. The Labute approximate surface area is 141 Å². The van der Waals surface area contributed by atoms with Crippen molar-refractivity contribution in [3.05, 3.63) is 53.1 Å². The summed E-state index contributed by atoms with van der Waals surface area (Å²) in [4.78, 5) is 14.1. The van der Waals surface area contributed by atoms with Gasteiger partial charge in [0.25, 0.3) is 5.91 Å². The summed E-state index contributed by atoms with van der Waals surface area (Å²) in [5, 5.41) is 9.80. The second-order valence-corrected chi connectivity index (χ2v) is 6.06. The van der Waals surface area contributed by atoms with Crippen LogP contribution in [0.4, 0.5) is 0 Å². The standard InChI is InChI=1S/C19H21NO4/c1-12-5-4-6-13(2)18(12)24-15-10-20(11-15)19(22)14-7-8-17(23-3)16(21)9-14/h4-9,15,21H,10-11H2,1-3H3. The van der Waals surface area contributed by atoms with Gasteiger partial charge in [0.1, 0.15) is 11.9 Å². The van der Waals surface area contributed by atoms with Crippen LogP contribution in [0.5, 0.6) is 17.2 Å². The van der Waals surface area contributed by atoms with Crippen LogP contribution in [0.2, 0.25) is 0 Å². The van der Waals surface area contributed by atoms with Crippen LogP contribution in [0.25, 0.3) is 0 Å². The molecule has 1 saturated heterocycles. The number of phenolic OH excluding ortho intramolecular Hbond substituents is 1. The van der Waals surface area contributed by atoms with Crippen LogP contribution in [0.3, 0.4) is 0 Å². The van der Waals surface area contributed by atoms with Gasteiger partial charge in [0.05, 0.1) is 20.2 Å². The molecule has 0 spiro atoms. The molecule has 2 aromatic rings. The van der Waals surface area contributed by atoms with E-state index in [4.69, 9.17) is 9.47 Å². The summed E-state index contributed by atoms with van der Waals surface area (Å²) >= 11 is 0. The summed E-state index contributed by atoms with van der Waals surface area (Å²) in [6, 6.07) is 10.7. The number of hydrogen-bond acceptors (Lipinski definition) is 4. The van der Waals surface area contributed by atoms with Crippen LogP contribution >= 0.6 is 0 Å². The first-order chi connectivity index (χ1) is 11.5. The summed E-state index contributed by atoms with van der Waals surface area (Å²) in [6.07, 6.45) is 0.000551. The summed E-state index contributed by atoms with van der Waals surface area (Å²) in [6.45, 7) is 5.12. The lowest BCUT2D eigenvalue weighted by Gasteiger charge is -2.39. The predicted molar refractivity (Wildman–Crippen MR) is 90.9 cm³/mol. The Morgan fingerprint density at radius 1 is 1.17 bits per heavy atom. The number of ether oxygens (including phenoxy) is 2. The van der Waals surface area contributed by atoms with Crippen molar-refractivity contribution >= 4 is 5.91 Å². The van der Waals surface area contributed by atoms with Crippen LogP contribution in [-0.2, 0) is 0 Å². The third-order valence-electron chi connectivity index (χ3n) is 4.25. The Bertz CT molecular complexity index is 746. The van der Waals surface area contributed by atoms with E-state index in [2.05, 4.69) is 0 Å². The van der Waals surface area contributed by atoms with Gasteiger partial charge in [0, 0.05) is 5.56 Å². The first kappa shape index (κ1) is 16.2. The van der Waals surface area contributed by atoms with Gasteiger partial charge in [0.15, 0.2) is 11.5 Å². The topological polar surface area (TPSA) is 59.0 Å². The Hall–Kier alpha value is -2.69. The number of aromatic hydroxyl groups is 1. The van der Waals surface area contributed by atoms with Gasteiger partial charge in [-0.25, -0.2) is 0 Å². The maximum atomic E-state index is 12.4. The van der Waals surface area contributed by atoms with E-state index in [0.717, 1.165) is 16.9 Å². The molecule has 126 valence electrons. The summed E-state index contributed by atoms with van der Waals surface area (Å²) in [7, 11) is 1.47. The zero-order valence-corrected chi connectivity index (χ0v) is 14.1. The monoisotopic (exact) mass is 327 g/mol. The fourth-order valence-electron chi connectivity index (χ4n) is 2.84. The van der Waals surface area contributed by atoms with Crippen LogP contribution in [0.1, 0.15) is 21.5 Å². The SMILES string of the molecule is COc1ccc(C(=O)N2CC(Oc3c(C)cccc3C)C2)cc1O. The third kappa shape index (κ3) is 3.02. The molecule has 0 bridgehead atoms. The molecule has 5 heteroatoms. The number of rotatable bonds is 4. The van der Waals surface area contributed by atoms with Crippen LogP contribution in [0, 0.1) is 13.8 Å². The molecule has 1 fully saturated rings. The lowest BCUT2D eigenvalue weighted by Crippen LogP contribution is -2.56. The quantitative estimate of drug-likeness (QED) is 0.938. The number of carbonyl (C=O) groups is 1. The fraction of sp³-hybridized carbons (Fsp3) is 0.316. The van der Waals surface area contributed by atoms with Crippen molar-refractivity contribution in [1.82, 2.24) is 4.90 Å². The zero-order chi connectivity index (χ0) is 17.3. The number of likely N-dealkylation sites (tertiary alicyclic amines) is 1. The number of nitrogens with zero attached hydrogens (tertiary/aromatic N) is 1. The van der Waals surface area contributed by atoms with Crippen molar-refractivity contribution in [2.45, 2.75) is 20.0 Å². The van der Waals surface area contributed by atoms with E-state index in [0.29, 0.717) is 24.4 Å². The fourth-order valence-corrected chi connectivity index (χ4v) is 2.84. The van der Waals surface area contributed by atoms with Crippen molar-refractivity contribution in [2.24, 2.45) is 0 Å². The van der Waals surface area contributed by atoms with E-state index >= 15 is 0 Å². The van der Waals surface area contributed by atoms with Crippen molar-refractivity contribution in [1.29, 1.82) is 0 Å². The first-order valence-electron chi connectivity index (χ1n) is 7.88. The molecule has 0 atom stereocenters. The smallest absolute Gasteiger partial charge is 0.254 e. The Kier molecular flexibility index (Phi) is 4.34. The first-order valence-corrected chi connectivity index (χ1v) is 7.88. The number of hydrogen-bond donors (Lipinski definition) is 1. The van der Waals surface area contributed by atoms with E-state index in [1.165, 1.54) is 13.2 Å². The highest BCUT2D eigenvalue weighted by Crippen LogP contribution is 2.29. The van der Waals surface area contributed by atoms with Crippen LogP contribution in [-0.4, -0.2) is 42.2 Å². The van der Waals surface area contributed by atoms with Gasteiger partial charge in [-0.1, -0.05) is 18.2 Å². The number of phenols is 1. The van der Waals surface area contributed by atoms with Crippen molar-refractivity contribution in [3.63, 3.8) is 0 Å². The van der Waals surface area contributed by atoms with Gasteiger partial charge in [-0.2, -0.15) is 0 Å². The molecule has 1 aliphatic rings. The normalized spacial score (nSPS) is 14.2. The second-order valence-electron chi connectivity index (χ2n) is 6.06. The summed E-state index contributed by atoms with van der Waals surface area (Å²) < 4.78 is 11.0. The molecule has 24 heavy (non-hydrogen) atoms. The van der Waals surface area contributed by atoms with Crippen molar-refractivity contribution in [2.75, 3.05) is 20.2 Å². The molecule has 0 aliphatic carbocycles. The molecule has 0 unspecified atom stereocenters. The third-order valence-corrected chi connectivity index (χ3v) is 4.25. The Balaban J connectivity index is 1.62. The molecule has 0 radical (unpaired) electrons. The van der Waals surface area contributed by atoms with E-state index in [-0.39, 0.29) is 17.8 Å². The number of methoxy groups -OCH3 is 1. The van der Waals surface area contributed by atoms with Crippen molar-refractivity contribution < 1.29 is 19.4 Å². The van der Waals surface area contributed by atoms with Gasteiger partial charge in [-0.3, -0.25) is 4.79 Å². The Morgan fingerprint density at radius 3 is 2.42 bits per heavy atom. The Morgan fingerprint density at radius 2 is 1.83 bits per heavy atom. The van der Waals surface area contributed by atoms with E-state index in [1.54, 1.807) is 17.0 Å². The molecule has 2 aromatic carbocycles. The highest BCUT2D eigenvalue weighted by atomic mass is 16.5. The number of para-hydroxylation sites is 1. The minimum absolute atomic E-state index is 0.000551. The number of carbonyl (C=O) groups excluding carboxylic acids is 1. The number of aryl methyl sites for hydroxylation is 2. The molecule has 5 nitrogen and oxygen atoms in total. The van der Waals surface area contributed by atoms with E-state index in [1.807, 2.05) is 32.0 Å². The van der Waals surface area contributed by atoms with E-state index < -0.39 is 0 Å². The largest absolute Gasteiger partial charge is 0.504 e. The molecule has 0 aromatic heterocycles. The number of amides is 1. The number of benzene rings is 2. The molecule has 1 N–H and O–H groups in total. The van der Waals surface area contributed by atoms with Crippen LogP contribution in [0.15, 0.2) is 36.4 Å². The molecular formula is C19H21NO4. The average molecular weight is 327 g/mol. The lowest BCUT2D eigenvalue weighted by molar-refractivity contribution is 0.0173. The van der Waals surface area contributed by atoms with Gasteiger partial charge < -0.3 is 19.5 Å². The van der Waals surface area contributed by atoms with Gasteiger partial charge in [-0.05, 0) is 43.2 Å². The van der Waals surface area contributed by atoms with Gasteiger partial charge in [-0.15, -0.1) is 0 Å². The molecule has 3 rings (SSSR count). The van der Waals surface area contributed by atoms with Gasteiger partial charge >= 0.3 is 0 Å². The summed E-state index contributed by atoms with van der Waals surface area (Å²) in [5.74, 6) is 1.10. The molecule has 1 aliphatic heterocycles. The van der Waals surface area contributed by atoms with Crippen LogP contribution < -0.4 is 9.47 Å². The summed E-state index contributed by atoms with van der Waals surface area (Å²) in [5.41, 5.74) is 2.64. The predicted octanol–water partition coefficient (Wildman–Crippen LogP) is 2.92. The zero-order valence-electron chi connectivity index (χ0n) is 14.1. The molecule has 1 amide bonds. The maximum absolute atomic E-state index is 12.4. The highest BCUT2D eigenvalue weighted by Gasteiger charge is 2.33. The minimum Gasteiger partial charge on any atom is -0.504 e. The lowest BCUT2D eigenvalue weighted by atomic mass is 10.1. The maximum Gasteiger partial charge on any atom is 0.254 e.